The van der Waals surface area contributed by atoms with Crippen molar-refractivity contribution in [2.75, 3.05) is 29.7 Å². The van der Waals surface area contributed by atoms with Gasteiger partial charge >= 0.3 is 0 Å². The number of aryl methyl sites for hydroxylation is 6. The van der Waals surface area contributed by atoms with Gasteiger partial charge in [-0.3, -0.25) is 0 Å². The lowest BCUT2D eigenvalue weighted by Crippen LogP contribution is -2.46. The Hall–Kier alpha value is -4.72. The number of nitrogens with zero attached hydrogens (tertiary/aromatic N) is 6. The van der Waals surface area contributed by atoms with Gasteiger partial charge in [0.1, 0.15) is 11.5 Å². The summed E-state index contributed by atoms with van der Waals surface area (Å²) in [5.74, 6) is 1.97. The van der Waals surface area contributed by atoms with Gasteiger partial charge in [0.05, 0.1) is 42.6 Å². The summed E-state index contributed by atoms with van der Waals surface area (Å²) in [5.41, 5.74) is 15.3. The molecule has 2 heterocycles. The molecule has 0 aliphatic carbocycles. The fraction of sp³-hybridized carbons (Fsp3) is 0.579. The predicted molar refractivity (Wildman–Crippen MR) is 274 cm³/mol. The number of hydrogen-bond acceptors (Lipinski definition) is 8. The van der Waals surface area contributed by atoms with E-state index < -0.39 is 0 Å². The van der Waals surface area contributed by atoms with Crippen molar-refractivity contribution in [2.24, 2.45) is 20.5 Å². The number of ether oxygens (including phenoxy) is 2. The first-order valence-electron chi connectivity index (χ1n) is 25.7. The van der Waals surface area contributed by atoms with E-state index in [2.05, 4.69) is 114 Å². The van der Waals surface area contributed by atoms with Crippen LogP contribution in [0, 0.1) is 41.5 Å². The first kappa shape index (κ1) is 49.7. The molecule has 0 unspecified atom stereocenters. The number of anilines is 2. The van der Waals surface area contributed by atoms with Crippen molar-refractivity contribution in [3.05, 3.63) is 93.0 Å². The monoisotopic (exact) mass is 883 g/mol. The quantitative estimate of drug-likeness (QED) is 0.0421. The minimum Gasteiger partial charge on any atom is -0.493 e. The first-order valence-corrected chi connectivity index (χ1v) is 25.7. The maximum atomic E-state index is 6.29. The van der Waals surface area contributed by atoms with Gasteiger partial charge in [-0.25, -0.2) is 0 Å². The van der Waals surface area contributed by atoms with Crippen molar-refractivity contribution in [1.29, 1.82) is 0 Å². The van der Waals surface area contributed by atoms with Crippen LogP contribution >= 0.6 is 0 Å². The van der Waals surface area contributed by atoms with Gasteiger partial charge in [-0.05, 0) is 135 Å². The Labute approximate surface area is 393 Å². The average Bonchev–Trinajstić information content (AvgIpc) is 3.27. The summed E-state index contributed by atoms with van der Waals surface area (Å²) in [6.07, 6.45) is 26.5. The Balaban J connectivity index is 1.00. The average molecular weight is 883 g/mol. The molecule has 4 aromatic carbocycles. The molecule has 0 aromatic heterocycles. The number of azo groups is 2. The molecule has 2 bridgehead atoms. The molecule has 0 fully saturated rings. The Kier molecular flexibility index (Phi) is 19.8. The minimum atomic E-state index is 0.766. The van der Waals surface area contributed by atoms with Crippen LogP contribution in [0.1, 0.15) is 187 Å². The van der Waals surface area contributed by atoms with Gasteiger partial charge in [-0.1, -0.05) is 142 Å². The third kappa shape index (κ3) is 14.6. The third-order valence-corrected chi connectivity index (χ3v) is 13.5. The van der Waals surface area contributed by atoms with Crippen LogP contribution in [-0.2, 0) is 13.1 Å². The molecule has 0 radical (unpaired) electrons. The van der Waals surface area contributed by atoms with Gasteiger partial charge < -0.3 is 19.3 Å². The second-order valence-electron chi connectivity index (χ2n) is 19.4. The van der Waals surface area contributed by atoms with Crippen LogP contribution in [0.25, 0.3) is 0 Å². The van der Waals surface area contributed by atoms with Gasteiger partial charge in [0.15, 0.2) is 0 Å². The molecule has 2 aliphatic rings. The van der Waals surface area contributed by atoms with E-state index >= 15 is 0 Å². The van der Waals surface area contributed by atoms with Gasteiger partial charge in [0.25, 0.3) is 0 Å². The van der Waals surface area contributed by atoms with Crippen LogP contribution in [0.3, 0.4) is 0 Å². The Morgan fingerprint density at radius 1 is 0.385 bits per heavy atom. The fourth-order valence-corrected chi connectivity index (χ4v) is 9.76. The Morgan fingerprint density at radius 2 is 0.708 bits per heavy atom. The lowest BCUT2D eigenvalue weighted by molar-refractivity contribution is 0.300. The summed E-state index contributed by atoms with van der Waals surface area (Å²) >= 11 is 0. The second-order valence-corrected chi connectivity index (χ2v) is 19.4. The molecular formula is C57H82N6O2. The number of fused-ring (bicyclic) bond motifs is 6. The van der Waals surface area contributed by atoms with E-state index in [-0.39, 0.29) is 0 Å². The number of rotatable bonds is 28. The summed E-state index contributed by atoms with van der Waals surface area (Å²) < 4.78 is 12.6. The molecule has 4 aromatic rings. The van der Waals surface area contributed by atoms with Crippen LogP contribution in [0.5, 0.6) is 11.5 Å². The minimum absolute atomic E-state index is 0.766. The standard InChI is InChI=1S/C57H82N6O2/c1-9-11-13-15-17-19-21-23-25-27-29-64-56-44(5)33-50(34-45(56)6)58-60-52-37-54-48(31-42(52)3)39-63-41-62(54)40-49-32-43(4)53(38-55(49)63)61-59-51-35-46(7)57(47(8)36-51)65-30-28-26-24-22-20-18-16-14-12-10-2/h31-38H,9-30,39-41H2,1-8H3. The van der Waals surface area contributed by atoms with E-state index in [0.29, 0.717) is 0 Å². The molecule has 8 heteroatoms. The smallest absolute Gasteiger partial charge is 0.125 e. The SMILES string of the molecule is CCCCCCCCCCCCOc1c(C)cc(N=Nc2cc3c(cc2C)CN2CN3Cc3cc(C)c(N=Nc4cc(C)c(OCCCCCCCCCCCC)c(C)c4)cc32)cc1C. The molecule has 8 nitrogen and oxygen atoms in total. The largest absolute Gasteiger partial charge is 0.493 e. The van der Waals surface area contributed by atoms with Crippen LogP contribution < -0.4 is 19.3 Å². The molecule has 352 valence electrons. The summed E-state index contributed by atoms with van der Waals surface area (Å²) in [6, 6.07) is 17.4. The lowest BCUT2D eigenvalue weighted by atomic mass is 9.98. The zero-order valence-corrected chi connectivity index (χ0v) is 41.8. The van der Waals surface area contributed by atoms with Gasteiger partial charge in [0.2, 0.25) is 0 Å². The van der Waals surface area contributed by atoms with Crippen LogP contribution in [0.4, 0.5) is 34.1 Å². The van der Waals surface area contributed by atoms with Crippen molar-refractivity contribution in [2.45, 2.75) is 197 Å². The van der Waals surface area contributed by atoms with Crippen LogP contribution in [0.15, 0.2) is 69.0 Å². The third-order valence-electron chi connectivity index (χ3n) is 13.5. The fourth-order valence-electron chi connectivity index (χ4n) is 9.76. The highest BCUT2D eigenvalue weighted by Gasteiger charge is 2.31. The normalized spacial score (nSPS) is 13.3. The number of hydrogen-bond donors (Lipinski definition) is 0. The van der Waals surface area contributed by atoms with Crippen molar-refractivity contribution < 1.29 is 9.47 Å². The molecular weight excluding hydrogens is 801 g/mol. The molecule has 0 saturated carbocycles. The molecule has 0 saturated heterocycles. The molecule has 0 N–H and O–H groups in total. The number of unbranched alkanes of at least 4 members (excludes halogenated alkanes) is 18. The second kappa shape index (κ2) is 25.8. The zero-order valence-electron chi connectivity index (χ0n) is 41.8. The lowest BCUT2D eigenvalue weighted by Gasteiger charge is -2.45. The van der Waals surface area contributed by atoms with E-state index in [9.17, 15) is 0 Å². The molecule has 2 aliphatic heterocycles. The molecule has 65 heavy (non-hydrogen) atoms. The van der Waals surface area contributed by atoms with Crippen molar-refractivity contribution >= 4 is 34.1 Å². The van der Waals surface area contributed by atoms with Gasteiger partial charge in [-0.2, -0.15) is 20.5 Å². The maximum Gasteiger partial charge on any atom is 0.125 e. The highest BCUT2D eigenvalue weighted by molar-refractivity contribution is 5.74. The predicted octanol–water partition coefficient (Wildman–Crippen LogP) is 18.3. The molecule has 0 atom stereocenters. The van der Waals surface area contributed by atoms with Crippen molar-refractivity contribution in [3.8, 4) is 11.5 Å². The van der Waals surface area contributed by atoms with Crippen LogP contribution in [0.2, 0.25) is 0 Å². The Bertz CT molecular complexity index is 1990. The molecule has 0 spiro atoms. The summed E-state index contributed by atoms with van der Waals surface area (Å²) in [6.45, 7) is 21.3. The first-order chi connectivity index (χ1) is 31.6. The summed E-state index contributed by atoms with van der Waals surface area (Å²) in [7, 11) is 0. The van der Waals surface area contributed by atoms with E-state index in [1.54, 1.807) is 0 Å². The Morgan fingerprint density at radius 3 is 1.05 bits per heavy atom. The van der Waals surface area contributed by atoms with E-state index in [1.165, 1.54) is 138 Å². The van der Waals surface area contributed by atoms with E-state index in [1.807, 2.05) is 0 Å². The van der Waals surface area contributed by atoms with Crippen LogP contribution in [-0.4, -0.2) is 19.9 Å². The highest BCUT2D eigenvalue weighted by Crippen LogP contribution is 2.43. The summed E-state index contributed by atoms with van der Waals surface area (Å²) in [4.78, 5) is 4.92. The molecule has 0 amide bonds. The highest BCUT2D eigenvalue weighted by atomic mass is 16.5. The van der Waals surface area contributed by atoms with Crippen molar-refractivity contribution in [3.63, 3.8) is 0 Å². The topological polar surface area (TPSA) is 74.4 Å². The zero-order chi connectivity index (χ0) is 46.0. The van der Waals surface area contributed by atoms with E-state index in [0.717, 1.165) is 113 Å². The van der Waals surface area contributed by atoms with Gasteiger partial charge in [0, 0.05) is 24.5 Å². The molecule has 6 rings (SSSR count). The maximum absolute atomic E-state index is 6.29. The van der Waals surface area contributed by atoms with Crippen molar-refractivity contribution in [1.82, 2.24) is 0 Å². The van der Waals surface area contributed by atoms with Gasteiger partial charge in [-0.15, -0.1) is 0 Å². The number of benzene rings is 4. The van der Waals surface area contributed by atoms with E-state index in [4.69, 9.17) is 29.9 Å². The summed E-state index contributed by atoms with van der Waals surface area (Å²) in [5, 5.41) is 19.1.